The molecule has 4 heterocycles. The van der Waals surface area contributed by atoms with Crippen molar-refractivity contribution in [2.75, 3.05) is 34.3 Å². The maximum Gasteiger partial charge on any atom is 0.407 e. The van der Waals surface area contributed by atoms with Crippen molar-refractivity contribution in [1.82, 2.24) is 40.0 Å². The molecule has 3 N–H and O–H groups in total. The van der Waals surface area contributed by atoms with Crippen LogP contribution in [0.25, 0.3) is 44.5 Å². The number of amides is 3. The van der Waals surface area contributed by atoms with E-state index in [1.165, 1.54) is 29.4 Å². The molecule has 1 aliphatic carbocycles. The van der Waals surface area contributed by atoms with Gasteiger partial charge in [-0.2, -0.15) is 0 Å². The molecular formula is C49H54N8O4. The van der Waals surface area contributed by atoms with Gasteiger partial charge in [0.25, 0.3) is 0 Å². The van der Waals surface area contributed by atoms with Crippen LogP contribution < -0.4 is 5.32 Å². The van der Waals surface area contributed by atoms with Crippen molar-refractivity contribution < 1.29 is 19.1 Å². The Labute approximate surface area is 356 Å². The molecule has 2 aromatic heterocycles. The first-order valence-electron chi connectivity index (χ1n) is 21.6. The molecule has 6 aromatic rings. The molecule has 0 bridgehead atoms. The smallest absolute Gasteiger partial charge is 0.407 e. The number of hydrogen-bond donors (Lipinski definition) is 3. The van der Waals surface area contributed by atoms with Crippen molar-refractivity contribution in [3.05, 3.63) is 119 Å². The van der Waals surface area contributed by atoms with Crippen molar-refractivity contribution >= 4 is 28.9 Å². The molecule has 2 unspecified atom stereocenters. The normalized spacial score (nSPS) is 18.3. The molecule has 4 atom stereocenters. The fourth-order valence-corrected chi connectivity index (χ4v) is 9.72. The number of nitrogens with one attached hydrogen (secondary N) is 3. The second-order valence-corrected chi connectivity index (χ2v) is 17.3. The lowest BCUT2D eigenvalue weighted by atomic mass is 9.83. The molecule has 3 aliphatic rings. The van der Waals surface area contributed by atoms with E-state index in [2.05, 4.69) is 63.8 Å². The Kier molecular flexibility index (Phi) is 11.0. The first-order valence-corrected chi connectivity index (χ1v) is 21.6. The second-order valence-electron chi connectivity index (χ2n) is 17.3. The van der Waals surface area contributed by atoms with E-state index >= 15 is 0 Å². The number of rotatable bonds is 10. The third-order valence-electron chi connectivity index (χ3n) is 12.9. The van der Waals surface area contributed by atoms with Crippen molar-refractivity contribution in [3.8, 4) is 33.5 Å². The number of nitrogens with zero attached hydrogens (tertiary/aromatic N) is 5. The van der Waals surface area contributed by atoms with Crippen molar-refractivity contribution in [2.24, 2.45) is 5.92 Å². The third kappa shape index (κ3) is 7.69. The summed E-state index contributed by atoms with van der Waals surface area (Å²) in [7, 11) is 5.23. The second kappa shape index (κ2) is 16.6. The Morgan fingerprint density at radius 1 is 0.770 bits per heavy atom. The van der Waals surface area contributed by atoms with Gasteiger partial charge in [-0.15, -0.1) is 0 Å². The summed E-state index contributed by atoms with van der Waals surface area (Å²) in [5.41, 5.74) is 12.2. The van der Waals surface area contributed by atoms with Gasteiger partial charge in [-0.25, -0.2) is 14.8 Å². The van der Waals surface area contributed by atoms with Gasteiger partial charge in [0.05, 0.1) is 42.1 Å². The maximum absolute atomic E-state index is 14.0. The molecule has 2 fully saturated rings. The van der Waals surface area contributed by atoms with Gasteiger partial charge in [0, 0.05) is 13.1 Å². The van der Waals surface area contributed by atoms with E-state index in [-0.39, 0.29) is 35.9 Å². The van der Waals surface area contributed by atoms with Gasteiger partial charge in [0.15, 0.2) is 0 Å². The molecular weight excluding hydrogens is 765 g/mol. The number of likely N-dealkylation sites (tertiary alicyclic amines) is 2. The van der Waals surface area contributed by atoms with Crippen LogP contribution >= 0.6 is 0 Å². The van der Waals surface area contributed by atoms with Gasteiger partial charge >= 0.3 is 6.09 Å². The van der Waals surface area contributed by atoms with Gasteiger partial charge in [0.1, 0.15) is 23.7 Å². The van der Waals surface area contributed by atoms with E-state index in [9.17, 15) is 14.4 Å². The van der Waals surface area contributed by atoms with E-state index in [4.69, 9.17) is 14.7 Å². The van der Waals surface area contributed by atoms with Crippen molar-refractivity contribution in [3.63, 3.8) is 0 Å². The molecule has 314 valence electrons. The topological polar surface area (TPSA) is 140 Å². The van der Waals surface area contributed by atoms with Gasteiger partial charge in [0.2, 0.25) is 11.8 Å². The Hall–Kier alpha value is -6.27. The molecule has 9 rings (SSSR count). The summed E-state index contributed by atoms with van der Waals surface area (Å²) in [6.07, 6.45) is 6.66. The first kappa shape index (κ1) is 40.2. The highest BCUT2D eigenvalue weighted by atomic mass is 16.5. The molecule has 4 aromatic carbocycles. The third-order valence-corrected chi connectivity index (χ3v) is 12.9. The van der Waals surface area contributed by atoms with Gasteiger partial charge in [-0.3, -0.25) is 14.5 Å². The number of methoxy groups -OCH3 is 1. The number of carbonyl (C=O) groups excluding carboxylic acids is 3. The van der Waals surface area contributed by atoms with Crippen LogP contribution in [0.3, 0.4) is 0 Å². The summed E-state index contributed by atoms with van der Waals surface area (Å²) < 4.78 is 4.80. The Morgan fingerprint density at radius 3 is 2.07 bits per heavy atom. The highest BCUT2D eigenvalue weighted by Crippen LogP contribution is 2.40. The van der Waals surface area contributed by atoms with Gasteiger partial charge in [-0.1, -0.05) is 80.6 Å². The average Bonchev–Trinajstić information content (AvgIpc) is 4.11. The summed E-state index contributed by atoms with van der Waals surface area (Å²) in [6.45, 7) is 5.17. The maximum atomic E-state index is 14.0. The SMILES string of the molecule is COC(=O)N[C@H](C(=O)N1CCC[C@H]1c1nc2ccc(-c3ccc4c(c3)CCc3cc(-c5cnc(C6CCCN6C(=O)C(c6ccccc6)N(C)C)[nH]5)ccc3-4)cc2[nH]1)C(C)C. The highest BCUT2D eigenvalue weighted by molar-refractivity contribution is 5.88. The molecule has 12 heteroatoms. The zero-order chi connectivity index (χ0) is 42.4. The Balaban J connectivity index is 0.910. The molecule has 0 radical (unpaired) electrons. The van der Waals surface area contributed by atoms with Crippen LogP contribution in [-0.2, 0) is 27.2 Å². The molecule has 2 aliphatic heterocycles. The first-order chi connectivity index (χ1) is 29.6. The number of aromatic nitrogens is 4. The van der Waals surface area contributed by atoms with Crippen molar-refractivity contribution in [1.29, 1.82) is 0 Å². The number of likely N-dealkylation sites (N-methyl/N-ethyl adjacent to an activating group) is 1. The molecule has 0 spiro atoms. The van der Waals surface area contributed by atoms with Crippen molar-refractivity contribution in [2.45, 2.75) is 76.5 Å². The predicted octanol–water partition coefficient (Wildman–Crippen LogP) is 8.40. The van der Waals surface area contributed by atoms with Crippen LogP contribution in [0.4, 0.5) is 4.79 Å². The lowest BCUT2D eigenvalue weighted by Crippen LogP contribution is -2.51. The van der Waals surface area contributed by atoms with Crippen LogP contribution in [0.1, 0.15) is 86.0 Å². The van der Waals surface area contributed by atoms with Gasteiger partial charge < -0.3 is 29.8 Å². The number of alkyl carbamates (subject to hydrolysis) is 1. The van der Waals surface area contributed by atoms with Crippen LogP contribution in [-0.4, -0.2) is 92.9 Å². The van der Waals surface area contributed by atoms with Crippen LogP contribution in [0.2, 0.25) is 0 Å². The summed E-state index contributed by atoms with van der Waals surface area (Å²) in [5, 5.41) is 2.73. The number of benzene rings is 4. The molecule has 61 heavy (non-hydrogen) atoms. The quantitative estimate of drug-likeness (QED) is 0.126. The zero-order valence-corrected chi connectivity index (χ0v) is 35.6. The summed E-state index contributed by atoms with van der Waals surface area (Å²) in [5.74, 6) is 1.49. The fraction of sp³-hybridized carbons (Fsp3) is 0.367. The number of hydrogen-bond acceptors (Lipinski definition) is 7. The zero-order valence-electron chi connectivity index (χ0n) is 35.6. The lowest BCUT2D eigenvalue weighted by molar-refractivity contribution is -0.137. The molecule has 2 saturated heterocycles. The minimum atomic E-state index is -0.679. The average molecular weight is 819 g/mol. The van der Waals surface area contributed by atoms with Crippen LogP contribution in [0.5, 0.6) is 0 Å². The number of imidazole rings is 2. The Morgan fingerprint density at radius 2 is 1.39 bits per heavy atom. The van der Waals surface area contributed by atoms with E-state index in [0.29, 0.717) is 6.54 Å². The summed E-state index contributed by atoms with van der Waals surface area (Å²) >= 11 is 0. The minimum absolute atomic E-state index is 0.0867. The highest BCUT2D eigenvalue weighted by Gasteiger charge is 2.39. The molecule has 3 amide bonds. The van der Waals surface area contributed by atoms with E-state index in [0.717, 1.165) is 95.7 Å². The number of aromatic amines is 2. The Bertz CT molecular complexity index is 2600. The monoisotopic (exact) mass is 818 g/mol. The standard InChI is InChI=1S/C49H54N8O4/c1-29(2)43(54-49(60)61-5)47(58)56-23-10-14-42(56)46-51-38-22-19-32(27-39(38)52-46)31-17-20-36-33(25-31)15-16-34-26-35(18-21-37(34)36)40-28-50-45(53-40)41-13-9-24-57(41)48(59)44(55(3)4)30-11-7-6-8-12-30/h6-8,11-12,17-22,25-29,41-44H,9-10,13-16,23-24H2,1-5H3,(H,50,53)(H,51,52)(H,54,60)/t41?,42-,43-,44?/m0/s1. The number of H-pyrrole nitrogens is 2. The lowest BCUT2D eigenvalue weighted by Gasteiger charge is -2.31. The van der Waals surface area contributed by atoms with E-state index in [1.54, 1.807) is 0 Å². The number of fused-ring (bicyclic) bond motifs is 4. The summed E-state index contributed by atoms with van der Waals surface area (Å²) in [4.78, 5) is 62.5. The minimum Gasteiger partial charge on any atom is -0.453 e. The largest absolute Gasteiger partial charge is 0.453 e. The molecule has 0 saturated carbocycles. The van der Waals surface area contributed by atoms with E-state index < -0.39 is 12.1 Å². The van der Waals surface area contributed by atoms with E-state index in [1.807, 2.05) is 85.2 Å². The fourth-order valence-electron chi connectivity index (χ4n) is 9.72. The van der Waals surface area contributed by atoms with Crippen LogP contribution in [0.15, 0.2) is 91.1 Å². The predicted molar refractivity (Wildman–Crippen MR) is 236 cm³/mol. The number of carbonyl (C=O) groups is 3. The summed E-state index contributed by atoms with van der Waals surface area (Å²) in [6, 6.07) is 28.5. The molecule has 12 nitrogen and oxygen atoms in total. The number of ether oxygens (including phenoxy) is 1. The van der Waals surface area contributed by atoms with Crippen LogP contribution in [0, 0.1) is 5.92 Å². The van der Waals surface area contributed by atoms with Gasteiger partial charge in [-0.05, 0) is 121 Å². The number of aryl methyl sites for hydroxylation is 2.